The molecule has 25 heavy (non-hydrogen) atoms. The Bertz CT molecular complexity index is 879. The molecule has 1 saturated heterocycles. The Kier molecular flexibility index (Phi) is 5.15. The van der Waals surface area contributed by atoms with E-state index in [0.29, 0.717) is 11.6 Å². The third kappa shape index (κ3) is 4.22. The zero-order valence-corrected chi connectivity index (χ0v) is 15.5. The molecule has 3 rings (SSSR count). The van der Waals surface area contributed by atoms with Crippen LogP contribution in [0.3, 0.4) is 0 Å². The Balaban J connectivity index is 1.85. The number of halogens is 1. The van der Waals surface area contributed by atoms with Gasteiger partial charge in [-0.2, -0.15) is 5.10 Å². The number of rotatable bonds is 4. The maximum Gasteiger partial charge on any atom is 0.227 e. The van der Waals surface area contributed by atoms with Crippen LogP contribution in [0.25, 0.3) is 0 Å². The maximum absolute atomic E-state index is 12.8. The van der Waals surface area contributed by atoms with Crippen molar-refractivity contribution in [1.29, 1.82) is 0 Å². The van der Waals surface area contributed by atoms with E-state index in [4.69, 9.17) is 11.6 Å². The van der Waals surface area contributed by atoms with E-state index in [2.05, 4.69) is 5.10 Å². The lowest BCUT2D eigenvalue weighted by Crippen LogP contribution is -2.46. The molecule has 8 heteroatoms. The van der Waals surface area contributed by atoms with Gasteiger partial charge in [0.2, 0.25) is 5.91 Å². The van der Waals surface area contributed by atoms with E-state index >= 15 is 0 Å². The number of hydrogen-bond donors (Lipinski definition) is 0. The van der Waals surface area contributed by atoms with E-state index in [1.54, 1.807) is 34.0 Å². The average molecular weight is 382 g/mol. The molecule has 1 fully saturated rings. The topological polar surface area (TPSA) is 72.3 Å². The first kappa shape index (κ1) is 17.9. The van der Waals surface area contributed by atoms with Crippen LogP contribution in [0.1, 0.15) is 24.1 Å². The minimum Gasteiger partial charge on any atom is -0.333 e. The van der Waals surface area contributed by atoms with E-state index < -0.39 is 15.9 Å². The first-order valence-corrected chi connectivity index (χ1v) is 10.3. The zero-order valence-electron chi connectivity index (χ0n) is 13.9. The van der Waals surface area contributed by atoms with Crippen molar-refractivity contribution in [3.05, 3.63) is 52.8 Å². The highest BCUT2D eigenvalue weighted by Crippen LogP contribution is 2.27. The summed E-state index contributed by atoms with van der Waals surface area (Å²) < 4.78 is 25.9. The van der Waals surface area contributed by atoms with Gasteiger partial charge >= 0.3 is 0 Å². The van der Waals surface area contributed by atoms with E-state index in [9.17, 15) is 13.2 Å². The van der Waals surface area contributed by atoms with Crippen LogP contribution in [0, 0.1) is 0 Å². The monoisotopic (exact) mass is 381 g/mol. The second-order valence-electron chi connectivity index (χ2n) is 6.15. The van der Waals surface area contributed by atoms with Gasteiger partial charge in [-0.1, -0.05) is 23.7 Å². The minimum atomic E-state index is -3.18. The molecule has 0 aliphatic carbocycles. The van der Waals surface area contributed by atoms with Crippen molar-refractivity contribution in [2.24, 2.45) is 0 Å². The van der Waals surface area contributed by atoms with E-state index in [1.807, 2.05) is 19.2 Å². The maximum atomic E-state index is 12.8. The molecular formula is C17H20ClN3O3S. The molecule has 1 aromatic heterocycles. The molecule has 1 aliphatic heterocycles. The van der Waals surface area contributed by atoms with Crippen LogP contribution in [-0.4, -0.2) is 47.1 Å². The summed E-state index contributed by atoms with van der Waals surface area (Å²) >= 11 is 5.98. The normalized spacial score (nSPS) is 19.8. The highest BCUT2D eigenvalue weighted by atomic mass is 35.5. The first-order chi connectivity index (χ1) is 11.9. The molecule has 0 radical (unpaired) electrons. The quantitative estimate of drug-likeness (QED) is 0.813. The summed E-state index contributed by atoms with van der Waals surface area (Å²) in [4.78, 5) is 14.5. The Morgan fingerprint density at radius 1 is 1.40 bits per heavy atom. The van der Waals surface area contributed by atoms with Gasteiger partial charge in [-0.05, 0) is 24.6 Å². The van der Waals surface area contributed by atoms with Gasteiger partial charge < -0.3 is 4.90 Å². The number of amides is 1. The molecule has 1 atom stereocenters. The van der Waals surface area contributed by atoms with Crippen molar-refractivity contribution in [2.45, 2.75) is 25.9 Å². The number of carbonyl (C=O) groups excluding carboxylic acids is 1. The van der Waals surface area contributed by atoms with Gasteiger partial charge in [-0.15, -0.1) is 0 Å². The molecule has 2 aromatic rings. The molecule has 0 saturated carbocycles. The summed E-state index contributed by atoms with van der Waals surface area (Å²) in [6.07, 6.45) is 3.65. The van der Waals surface area contributed by atoms with E-state index in [1.165, 1.54) is 0 Å². The SMILES string of the molecule is CCn1cc([C@@H]2CS(=O)(=O)CCN2C(=O)Cc2cccc(Cl)c2)cn1. The summed E-state index contributed by atoms with van der Waals surface area (Å²) in [7, 11) is -3.18. The molecule has 1 amide bonds. The van der Waals surface area contributed by atoms with Gasteiger partial charge in [0, 0.05) is 29.9 Å². The Labute approximate surface area is 152 Å². The molecular weight excluding hydrogens is 362 g/mol. The highest BCUT2D eigenvalue weighted by molar-refractivity contribution is 7.91. The largest absolute Gasteiger partial charge is 0.333 e. The predicted molar refractivity (Wildman–Crippen MR) is 96.2 cm³/mol. The molecule has 1 aromatic carbocycles. The molecule has 0 N–H and O–H groups in total. The van der Waals surface area contributed by atoms with Gasteiger partial charge in [0.15, 0.2) is 9.84 Å². The number of benzene rings is 1. The van der Waals surface area contributed by atoms with Gasteiger partial charge in [0.1, 0.15) is 0 Å². The van der Waals surface area contributed by atoms with Crippen LogP contribution in [0.5, 0.6) is 0 Å². The van der Waals surface area contributed by atoms with Crippen LogP contribution in [0.4, 0.5) is 0 Å². The Morgan fingerprint density at radius 3 is 2.88 bits per heavy atom. The molecule has 0 spiro atoms. The lowest BCUT2D eigenvalue weighted by molar-refractivity contribution is -0.132. The van der Waals surface area contributed by atoms with Gasteiger partial charge in [-0.3, -0.25) is 9.48 Å². The van der Waals surface area contributed by atoms with Gasteiger partial charge in [0.05, 0.1) is 30.2 Å². The third-order valence-corrected chi connectivity index (χ3v) is 6.22. The Morgan fingerprint density at radius 2 is 2.20 bits per heavy atom. The van der Waals surface area contributed by atoms with Crippen LogP contribution in [0.15, 0.2) is 36.7 Å². The fourth-order valence-corrected chi connectivity index (χ4v) is 4.74. The van der Waals surface area contributed by atoms with Gasteiger partial charge in [-0.25, -0.2) is 8.42 Å². The summed E-state index contributed by atoms with van der Waals surface area (Å²) in [5.41, 5.74) is 1.57. The van der Waals surface area contributed by atoms with E-state index in [-0.39, 0.29) is 30.4 Å². The predicted octanol–water partition coefficient (Wildman–Crippen LogP) is 2.10. The number of hydrogen-bond acceptors (Lipinski definition) is 4. The number of sulfone groups is 1. The van der Waals surface area contributed by atoms with Crippen molar-refractivity contribution in [1.82, 2.24) is 14.7 Å². The fourth-order valence-electron chi connectivity index (χ4n) is 3.03. The van der Waals surface area contributed by atoms with Crippen molar-refractivity contribution in [3.8, 4) is 0 Å². The van der Waals surface area contributed by atoms with Gasteiger partial charge in [0.25, 0.3) is 0 Å². The van der Waals surface area contributed by atoms with Crippen molar-refractivity contribution in [2.75, 3.05) is 18.1 Å². The van der Waals surface area contributed by atoms with Crippen LogP contribution >= 0.6 is 11.6 Å². The second kappa shape index (κ2) is 7.17. The molecule has 134 valence electrons. The highest BCUT2D eigenvalue weighted by Gasteiger charge is 2.35. The molecule has 0 bridgehead atoms. The lowest BCUT2D eigenvalue weighted by Gasteiger charge is -2.35. The summed E-state index contributed by atoms with van der Waals surface area (Å²) in [5.74, 6) is -0.178. The van der Waals surface area contributed by atoms with Crippen LogP contribution in [0.2, 0.25) is 5.02 Å². The number of aromatic nitrogens is 2. The van der Waals surface area contributed by atoms with Crippen LogP contribution in [-0.2, 0) is 27.6 Å². The number of aryl methyl sites for hydroxylation is 1. The lowest BCUT2D eigenvalue weighted by atomic mass is 10.1. The third-order valence-electron chi connectivity index (χ3n) is 4.36. The zero-order chi connectivity index (χ0) is 18.0. The van der Waals surface area contributed by atoms with E-state index in [0.717, 1.165) is 11.1 Å². The average Bonchev–Trinajstić information content (AvgIpc) is 3.03. The number of carbonyl (C=O) groups is 1. The molecule has 2 heterocycles. The number of nitrogens with zero attached hydrogens (tertiary/aromatic N) is 3. The van der Waals surface area contributed by atoms with Crippen molar-refractivity contribution < 1.29 is 13.2 Å². The van der Waals surface area contributed by atoms with Crippen molar-refractivity contribution >= 4 is 27.3 Å². The van der Waals surface area contributed by atoms with Crippen LogP contribution < -0.4 is 0 Å². The summed E-state index contributed by atoms with van der Waals surface area (Å²) in [6, 6.07) is 6.66. The first-order valence-electron chi connectivity index (χ1n) is 8.14. The smallest absolute Gasteiger partial charge is 0.227 e. The molecule has 0 unspecified atom stereocenters. The Hall–Kier alpha value is -1.86. The molecule has 6 nitrogen and oxygen atoms in total. The second-order valence-corrected chi connectivity index (χ2v) is 8.82. The fraction of sp³-hybridized carbons (Fsp3) is 0.412. The minimum absolute atomic E-state index is 0.00724. The summed E-state index contributed by atoms with van der Waals surface area (Å²) in [5, 5.41) is 4.79. The summed E-state index contributed by atoms with van der Waals surface area (Å²) in [6.45, 7) is 2.84. The van der Waals surface area contributed by atoms with Crippen molar-refractivity contribution in [3.63, 3.8) is 0 Å². The standard InChI is InChI=1S/C17H20ClN3O3S/c1-2-20-11-14(10-19-20)16-12-25(23,24)7-6-21(16)17(22)9-13-4-3-5-15(18)8-13/h3-5,8,10-11,16H,2,6-7,9,12H2,1H3/t16-/m0/s1. The molecule has 1 aliphatic rings.